The number of nitrogens with zero attached hydrogens (tertiary/aromatic N) is 2. The minimum atomic E-state index is -0.242. The van der Waals surface area contributed by atoms with E-state index in [1.165, 1.54) is 12.1 Å². The number of anilines is 1. The normalized spacial score (nSPS) is 11.1. The summed E-state index contributed by atoms with van der Waals surface area (Å²) in [7, 11) is 0. The predicted molar refractivity (Wildman–Crippen MR) is 79.8 cm³/mol. The Morgan fingerprint density at radius 2 is 2.00 bits per heavy atom. The predicted octanol–water partition coefficient (Wildman–Crippen LogP) is 2.90. The molecule has 3 N–H and O–H groups in total. The molecule has 0 bridgehead atoms. The van der Waals surface area contributed by atoms with Gasteiger partial charge in [0.2, 0.25) is 0 Å². The van der Waals surface area contributed by atoms with Gasteiger partial charge in [0.1, 0.15) is 5.82 Å². The number of aromatic nitrogens is 2. The van der Waals surface area contributed by atoms with E-state index in [1.54, 1.807) is 12.1 Å². The van der Waals surface area contributed by atoms with E-state index in [0.717, 1.165) is 30.0 Å². The van der Waals surface area contributed by atoms with Crippen LogP contribution >= 0.6 is 0 Å². The highest BCUT2D eigenvalue weighted by atomic mass is 19.1. The van der Waals surface area contributed by atoms with E-state index in [1.807, 2.05) is 10.9 Å². The molecule has 1 aromatic carbocycles. The van der Waals surface area contributed by atoms with Crippen molar-refractivity contribution in [3.8, 4) is 5.69 Å². The summed E-state index contributed by atoms with van der Waals surface area (Å²) in [6, 6.07) is 6.36. The topological polar surface area (TPSA) is 55.9 Å². The molecule has 0 aliphatic carbocycles. The first-order chi connectivity index (χ1) is 9.63. The summed E-state index contributed by atoms with van der Waals surface area (Å²) in [5.74, 6) is 0.0660. The molecule has 0 atom stereocenters. The molecule has 5 heteroatoms. The fourth-order valence-electron chi connectivity index (χ4n) is 2.16. The molecule has 4 nitrogen and oxygen atoms in total. The maximum Gasteiger partial charge on any atom is 0.123 e. The highest BCUT2D eigenvalue weighted by molar-refractivity contribution is 5.51. The summed E-state index contributed by atoms with van der Waals surface area (Å²) in [6.07, 6.45) is 2.73. The van der Waals surface area contributed by atoms with Crippen molar-refractivity contribution in [1.82, 2.24) is 9.78 Å². The first-order valence-corrected chi connectivity index (χ1v) is 6.91. The Labute approximate surface area is 118 Å². The number of halogens is 1. The Kier molecular flexibility index (Phi) is 4.74. The highest BCUT2D eigenvalue weighted by Crippen LogP contribution is 2.26. The molecule has 0 saturated carbocycles. The smallest absolute Gasteiger partial charge is 0.123 e. The number of benzene rings is 1. The molecule has 2 rings (SSSR count). The molecule has 0 unspecified atom stereocenters. The number of hydrogen-bond acceptors (Lipinski definition) is 3. The Morgan fingerprint density at radius 1 is 1.30 bits per heavy atom. The van der Waals surface area contributed by atoms with Gasteiger partial charge in [-0.3, -0.25) is 0 Å². The second-order valence-corrected chi connectivity index (χ2v) is 5.06. The van der Waals surface area contributed by atoms with Crippen LogP contribution in [0.4, 0.5) is 10.1 Å². The van der Waals surface area contributed by atoms with Crippen LogP contribution in [0.3, 0.4) is 0 Å². The SMILES string of the molecule is CC(C)c1c(NCCCN)cnn1-c1ccc(F)cc1. The fraction of sp³-hybridized carbons (Fsp3) is 0.400. The minimum absolute atomic E-state index is 0.242. The van der Waals surface area contributed by atoms with Gasteiger partial charge in [-0.25, -0.2) is 9.07 Å². The lowest BCUT2D eigenvalue weighted by Gasteiger charge is -2.13. The fourth-order valence-corrected chi connectivity index (χ4v) is 2.16. The van der Waals surface area contributed by atoms with E-state index in [-0.39, 0.29) is 5.82 Å². The van der Waals surface area contributed by atoms with Gasteiger partial charge < -0.3 is 11.1 Å². The van der Waals surface area contributed by atoms with Crippen molar-refractivity contribution in [3.05, 3.63) is 42.0 Å². The molecule has 2 aromatic rings. The summed E-state index contributed by atoms with van der Waals surface area (Å²) in [5, 5.41) is 7.78. The van der Waals surface area contributed by atoms with Crippen LogP contribution in [0, 0.1) is 5.82 Å². The van der Waals surface area contributed by atoms with E-state index >= 15 is 0 Å². The quantitative estimate of drug-likeness (QED) is 0.798. The van der Waals surface area contributed by atoms with Crippen LogP contribution in [-0.2, 0) is 0 Å². The number of nitrogens with one attached hydrogen (secondary N) is 1. The molecule has 0 aliphatic rings. The van der Waals surface area contributed by atoms with Crippen LogP contribution in [0.2, 0.25) is 0 Å². The van der Waals surface area contributed by atoms with Crippen LogP contribution in [0.1, 0.15) is 31.9 Å². The van der Waals surface area contributed by atoms with E-state index in [9.17, 15) is 4.39 Å². The van der Waals surface area contributed by atoms with Crippen molar-refractivity contribution >= 4 is 5.69 Å². The van der Waals surface area contributed by atoms with Crippen molar-refractivity contribution in [2.24, 2.45) is 5.73 Å². The van der Waals surface area contributed by atoms with Gasteiger partial charge >= 0.3 is 0 Å². The van der Waals surface area contributed by atoms with Crippen LogP contribution in [0.25, 0.3) is 5.69 Å². The molecule has 0 spiro atoms. The molecule has 108 valence electrons. The zero-order valence-electron chi connectivity index (χ0n) is 11.9. The molecular weight excluding hydrogens is 255 g/mol. The van der Waals surface area contributed by atoms with Gasteiger partial charge in [0, 0.05) is 6.54 Å². The number of rotatable bonds is 6. The largest absolute Gasteiger partial charge is 0.382 e. The van der Waals surface area contributed by atoms with Crippen LogP contribution in [0.15, 0.2) is 30.5 Å². The lowest BCUT2D eigenvalue weighted by molar-refractivity contribution is 0.626. The zero-order valence-corrected chi connectivity index (χ0v) is 11.9. The maximum absolute atomic E-state index is 13.0. The molecular formula is C15H21FN4. The second-order valence-electron chi connectivity index (χ2n) is 5.06. The van der Waals surface area contributed by atoms with Gasteiger partial charge in [-0.15, -0.1) is 0 Å². The summed E-state index contributed by atoms with van der Waals surface area (Å²) < 4.78 is 14.9. The molecule has 0 saturated heterocycles. The van der Waals surface area contributed by atoms with Crippen LogP contribution < -0.4 is 11.1 Å². The van der Waals surface area contributed by atoms with Crippen LogP contribution in [0.5, 0.6) is 0 Å². The Morgan fingerprint density at radius 3 is 2.60 bits per heavy atom. The molecule has 20 heavy (non-hydrogen) atoms. The van der Waals surface area contributed by atoms with Gasteiger partial charge in [0.15, 0.2) is 0 Å². The van der Waals surface area contributed by atoms with Gasteiger partial charge in [0.25, 0.3) is 0 Å². The van der Waals surface area contributed by atoms with E-state index in [4.69, 9.17) is 5.73 Å². The Balaban J connectivity index is 2.31. The molecule has 0 radical (unpaired) electrons. The third-order valence-corrected chi connectivity index (χ3v) is 3.12. The van der Waals surface area contributed by atoms with Gasteiger partial charge in [-0.2, -0.15) is 5.10 Å². The molecule has 1 aromatic heterocycles. The van der Waals surface area contributed by atoms with Gasteiger partial charge in [-0.05, 0) is 43.1 Å². The van der Waals surface area contributed by atoms with Crippen molar-refractivity contribution in [2.45, 2.75) is 26.2 Å². The van der Waals surface area contributed by atoms with E-state index in [0.29, 0.717) is 12.5 Å². The molecule has 0 aliphatic heterocycles. The lowest BCUT2D eigenvalue weighted by atomic mass is 10.1. The van der Waals surface area contributed by atoms with Gasteiger partial charge in [-0.1, -0.05) is 13.8 Å². The third-order valence-electron chi connectivity index (χ3n) is 3.12. The van der Waals surface area contributed by atoms with Gasteiger partial charge in [0.05, 0.1) is 23.3 Å². The maximum atomic E-state index is 13.0. The Bertz CT molecular complexity index is 546. The lowest BCUT2D eigenvalue weighted by Crippen LogP contribution is -2.11. The van der Waals surface area contributed by atoms with Crippen molar-refractivity contribution in [1.29, 1.82) is 0 Å². The third kappa shape index (κ3) is 3.17. The monoisotopic (exact) mass is 276 g/mol. The highest BCUT2D eigenvalue weighted by Gasteiger charge is 2.15. The zero-order chi connectivity index (χ0) is 14.5. The van der Waals surface area contributed by atoms with Crippen molar-refractivity contribution < 1.29 is 4.39 Å². The Hall–Kier alpha value is -1.88. The van der Waals surface area contributed by atoms with Crippen molar-refractivity contribution in [3.63, 3.8) is 0 Å². The number of hydrogen-bond donors (Lipinski definition) is 2. The second kappa shape index (κ2) is 6.52. The molecule has 1 heterocycles. The summed E-state index contributed by atoms with van der Waals surface area (Å²) in [5.41, 5.74) is 8.47. The van der Waals surface area contributed by atoms with E-state index in [2.05, 4.69) is 24.3 Å². The first-order valence-electron chi connectivity index (χ1n) is 6.91. The first kappa shape index (κ1) is 14.5. The molecule has 0 amide bonds. The summed E-state index contributed by atoms with van der Waals surface area (Å²) >= 11 is 0. The van der Waals surface area contributed by atoms with E-state index < -0.39 is 0 Å². The summed E-state index contributed by atoms with van der Waals surface area (Å²) in [6.45, 7) is 5.72. The average molecular weight is 276 g/mol. The molecule has 0 fully saturated rings. The average Bonchev–Trinajstić information content (AvgIpc) is 2.84. The standard InChI is InChI=1S/C15H21FN4/c1-11(2)15-14(18-9-3-8-17)10-19-20(15)13-6-4-12(16)5-7-13/h4-7,10-11,18H,3,8-9,17H2,1-2H3. The number of nitrogens with two attached hydrogens (primary N) is 1. The van der Waals surface area contributed by atoms with Crippen LogP contribution in [-0.4, -0.2) is 22.9 Å². The van der Waals surface area contributed by atoms with Crippen molar-refractivity contribution in [2.75, 3.05) is 18.4 Å². The summed E-state index contributed by atoms with van der Waals surface area (Å²) in [4.78, 5) is 0. The minimum Gasteiger partial charge on any atom is -0.382 e.